The van der Waals surface area contributed by atoms with E-state index < -0.39 is 0 Å². The molecule has 1 aromatic heterocycles. The Morgan fingerprint density at radius 1 is 1.25 bits per heavy atom. The van der Waals surface area contributed by atoms with Crippen LogP contribution < -0.4 is 5.32 Å². The van der Waals surface area contributed by atoms with Crippen LogP contribution >= 0.6 is 11.6 Å². The van der Waals surface area contributed by atoms with E-state index in [0.717, 1.165) is 41.1 Å². The van der Waals surface area contributed by atoms with Gasteiger partial charge in [0.05, 0.1) is 0 Å². The summed E-state index contributed by atoms with van der Waals surface area (Å²) in [6, 6.07) is 8.35. The zero-order valence-corrected chi connectivity index (χ0v) is 13.6. The van der Waals surface area contributed by atoms with Crippen LogP contribution in [0, 0.1) is 5.41 Å². The number of nitrogens with one attached hydrogen (secondary N) is 1. The second-order valence-electron chi connectivity index (χ2n) is 6.41. The van der Waals surface area contributed by atoms with Crippen molar-refractivity contribution in [2.24, 2.45) is 5.41 Å². The zero-order valence-electron chi connectivity index (χ0n) is 12.8. The average molecular weight is 294 g/mol. The van der Waals surface area contributed by atoms with Crippen LogP contribution in [0.25, 0.3) is 11.0 Å². The number of aryl methyl sites for hydroxylation is 1. The number of furan rings is 1. The van der Waals surface area contributed by atoms with Crippen LogP contribution in [0.5, 0.6) is 0 Å². The molecule has 1 atom stereocenters. The van der Waals surface area contributed by atoms with Crippen molar-refractivity contribution in [3.8, 4) is 0 Å². The largest absolute Gasteiger partial charge is 0.461 e. The van der Waals surface area contributed by atoms with Gasteiger partial charge in [-0.05, 0) is 42.6 Å². The Hall–Kier alpha value is -0.990. The fourth-order valence-corrected chi connectivity index (χ4v) is 2.75. The van der Waals surface area contributed by atoms with Crippen molar-refractivity contribution in [3.05, 3.63) is 35.0 Å². The molecular formula is C17H24ClNO. The first-order chi connectivity index (χ1) is 9.40. The summed E-state index contributed by atoms with van der Waals surface area (Å²) in [6.07, 6.45) is 2.02. The highest BCUT2D eigenvalue weighted by molar-refractivity contribution is 6.31. The lowest BCUT2D eigenvalue weighted by Crippen LogP contribution is -2.40. The second kappa shape index (κ2) is 6.19. The van der Waals surface area contributed by atoms with Gasteiger partial charge in [0, 0.05) is 22.9 Å². The number of halogens is 1. The Morgan fingerprint density at radius 2 is 2.00 bits per heavy atom. The predicted octanol–water partition coefficient (Wildman–Crippen LogP) is 5.04. The highest BCUT2D eigenvalue weighted by Crippen LogP contribution is 2.26. The lowest BCUT2D eigenvalue weighted by Gasteiger charge is -2.31. The molecule has 110 valence electrons. The standard InChI is InChI=1S/C17H24ClNO/c1-5-19-16(17(2,3)4)9-7-14-11-12-10-13(18)6-8-15(12)20-14/h6,8,10-11,16,19H,5,7,9H2,1-4H3. The average Bonchev–Trinajstić information content (AvgIpc) is 2.74. The van der Waals surface area contributed by atoms with E-state index in [1.165, 1.54) is 0 Å². The number of rotatable bonds is 5. The van der Waals surface area contributed by atoms with Crippen molar-refractivity contribution in [2.45, 2.75) is 46.6 Å². The van der Waals surface area contributed by atoms with E-state index in [1.807, 2.05) is 18.2 Å². The Labute approximate surface area is 126 Å². The van der Waals surface area contributed by atoms with E-state index >= 15 is 0 Å². The summed E-state index contributed by atoms with van der Waals surface area (Å²) >= 11 is 6.00. The summed E-state index contributed by atoms with van der Waals surface area (Å²) in [7, 11) is 0. The fourth-order valence-electron chi connectivity index (χ4n) is 2.57. The molecule has 20 heavy (non-hydrogen) atoms. The van der Waals surface area contributed by atoms with Gasteiger partial charge in [0.1, 0.15) is 11.3 Å². The van der Waals surface area contributed by atoms with E-state index in [0.29, 0.717) is 6.04 Å². The molecule has 2 rings (SSSR count). The lowest BCUT2D eigenvalue weighted by molar-refractivity contribution is 0.255. The van der Waals surface area contributed by atoms with E-state index in [1.54, 1.807) is 0 Å². The molecular weight excluding hydrogens is 270 g/mol. The Balaban J connectivity index is 2.07. The van der Waals surface area contributed by atoms with Crippen LogP contribution in [0.3, 0.4) is 0 Å². The van der Waals surface area contributed by atoms with Crippen molar-refractivity contribution in [1.29, 1.82) is 0 Å². The van der Waals surface area contributed by atoms with Gasteiger partial charge in [-0.3, -0.25) is 0 Å². The van der Waals surface area contributed by atoms with Crippen molar-refractivity contribution < 1.29 is 4.42 Å². The molecule has 0 fully saturated rings. The van der Waals surface area contributed by atoms with Crippen LogP contribution in [0.2, 0.25) is 5.02 Å². The Kier molecular flexibility index (Phi) is 4.77. The molecule has 1 aromatic carbocycles. The first-order valence-electron chi connectivity index (χ1n) is 7.31. The Morgan fingerprint density at radius 3 is 2.65 bits per heavy atom. The maximum atomic E-state index is 6.00. The summed E-state index contributed by atoms with van der Waals surface area (Å²) in [5.74, 6) is 1.04. The maximum Gasteiger partial charge on any atom is 0.134 e. The predicted molar refractivity (Wildman–Crippen MR) is 86.5 cm³/mol. The molecule has 1 heterocycles. The van der Waals surface area contributed by atoms with E-state index in [-0.39, 0.29) is 5.41 Å². The first kappa shape index (κ1) is 15.4. The summed E-state index contributed by atoms with van der Waals surface area (Å²) in [5, 5.41) is 5.41. The molecule has 0 amide bonds. The molecule has 2 aromatic rings. The van der Waals surface area contributed by atoms with E-state index in [4.69, 9.17) is 16.0 Å². The minimum absolute atomic E-state index is 0.255. The van der Waals surface area contributed by atoms with Gasteiger partial charge in [0.2, 0.25) is 0 Å². The number of hydrogen-bond acceptors (Lipinski definition) is 2. The van der Waals surface area contributed by atoms with Crippen molar-refractivity contribution in [1.82, 2.24) is 5.32 Å². The van der Waals surface area contributed by atoms with Gasteiger partial charge in [-0.25, -0.2) is 0 Å². The van der Waals surface area contributed by atoms with Crippen molar-refractivity contribution in [2.75, 3.05) is 6.54 Å². The quantitative estimate of drug-likeness (QED) is 0.835. The topological polar surface area (TPSA) is 25.2 Å². The molecule has 2 nitrogen and oxygen atoms in total. The van der Waals surface area contributed by atoms with Crippen LogP contribution in [-0.2, 0) is 6.42 Å². The Bertz CT molecular complexity index is 568. The van der Waals surface area contributed by atoms with Crippen LogP contribution in [0.15, 0.2) is 28.7 Å². The van der Waals surface area contributed by atoms with Crippen LogP contribution in [0.1, 0.15) is 39.9 Å². The van der Waals surface area contributed by atoms with Gasteiger partial charge in [-0.15, -0.1) is 0 Å². The molecule has 1 N–H and O–H groups in total. The summed E-state index contributed by atoms with van der Waals surface area (Å²) in [4.78, 5) is 0. The highest BCUT2D eigenvalue weighted by atomic mass is 35.5. The molecule has 0 spiro atoms. The van der Waals surface area contributed by atoms with E-state index in [2.05, 4.69) is 39.1 Å². The van der Waals surface area contributed by atoms with Gasteiger partial charge in [0.25, 0.3) is 0 Å². The van der Waals surface area contributed by atoms with Crippen LogP contribution in [-0.4, -0.2) is 12.6 Å². The maximum absolute atomic E-state index is 6.00. The highest BCUT2D eigenvalue weighted by Gasteiger charge is 2.23. The van der Waals surface area contributed by atoms with Gasteiger partial charge < -0.3 is 9.73 Å². The summed E-state index contributed by atoms with van der Waals surface area (Å²) < 4.78 is 5.88. The third kappa shape index (κ3) is 3.77. The number of fused-ring (bicyclic) bond motifs is 1. The van der Waals surface area contributed by atoms with Gasteiger partial charge in [-0.1, -0.05) is 39.3 Å². The monoisotopic (exact) mass is 293 g/mol. The van der Waals surface area contributed by atoms with Gasteiger partial charge in [-0.2, -0.15) is 0 Å². The van der Waals surface area contributed by atoms with E-state index in [9.17, 15) is 0 Å². The molecule has 0 bridgehead atoms. The lowest BCUT2D eigenvalue weighted by atomic mass is 9.84. The smallest absolute Gasteiger partial charge is 0.134 e. The van der Waals surface area contributed by atoms with Crippen LogP contribution in [0.4, 0.5) is 0 Å². The summed E-state index contributed by atoms with van der Waals surface area (Å²) in [5.41, 5.74) is 1.17. The molecule has 0 aliphatic carbocycles. The molecule has 0 radical (unpaired) electrons. The first-order valence-corrected chi connectivity index (χ1v) is 7.69. The normalized spacial score (nSPS) is 13.8. The molecule has 0 aliphatic heterocycles. The zero-order chi connectivity index (χ0) is 14.8. The SMILES string of the molecule is CCNC(CCc1cc2cc(Cl)ccc2o1)C(C)(C)C. The molecule has 0 aliphatic rings. The van der Waals surface area contributed by atoms with Gasteiger partial charge >= 0.3 is 0 Å². The summed E-state index contributed by atoms with van der Waals surface area (Å²) in [6.45, 7) is 9.98. The third-order valence-electron chi connectivity index (χ3n) is 3.70. The van der Waals surface area contributed by atoms with Crippen molar-refractivity contribution in [3.63, 3.8) is 0 Å². The fraction of sp³-hybridized carbons (Fsp3) is 0.529. The second-order valence-corrected chi connectivity index (χ2v) is 6.85. The molecule has 3 heteroatoms. The van der Waals surface area contributed by atoms with Crippen molar-refractivity contribution >= 4 is 22.6 Å². The minimum atomic E-state index is 0.255. The third-order valence-corrected chi connectivity index (χ3v) is 3.94. The molecule has 0 saturated carbocycles. The minimum Gasteiger partial charge on any atom is -0.461 e. The molecule has 1 unspecified atom stereocenters. The number of hydrogen-bond donors (Lipinski definition) is 1. The number of benzene rings is 1. The molecule has 0 saturated heterocycles. The van der Waals surface area contributed by atoms with Gasteiger partial charge in [0.15, 0.2) is 0 Å².